The number of alkyl halides is 1. The van der Waals surface area contributed by atoms with Crippen LogP contribution in [0.3, 0.4) is 0 Å². The molecule has 72 valence electrons. The fourth-order valence-electron chi connectivity index (χ4n) is 0.807. The molecule has 0 bridgehead atoms. The van der Waals surface area contributed by atoms with E-state index in [4.69, 9.17) is 4.74 Å². The Kier molecular flexibility index (Phi) is 4.12. The molecule has 0 saturated heterocycles. The molecule has 1 nitrogen and oxygen atoms in total. The number of benzene rings is 1. The van der Waals surface area contributed by atoms with Crippen molar-refractivity contribution in [3.63, 3.8) is 0 Å². The Morgan fingerprint density at radius 3 is 2.54 bits per heavy atom. The van der Waals surface area contributed by atoms with Crippen LogP contribution in [-0.2, 0) is 0 Å². The zero-order chi connectivity index (χ0) is 9.84. The van der Waals surface area contributed by atoms with Crippen molar-refractivity contribution in [2.24, 2.45) is 0 Å². The zero-order valence-corrected chi connectivity index (χ0v) is 9.66. The highest BCUT2D eigenvalue weighted by atomic mass is 79.9. The highest BCUT2D eigenvalue weighted by Crippen LogP contribution is 2.29. The van der Waals surface area contributed by atoms with E-state index in [1.807, 2.05) is 0 Å². The molecule has 0 aliphatic heterocycles. The second kappa shape index (κ2) is 4.91. The number of hydrogen-bond donors (Lipinski definition) is 0. The summed E-state index contributed by atoms with van der Waals surface area (Å²) in [6, 6.07) is 1.95. The number of rotatable bonds is 3. The third-order valence-electron chi connectivity index (χ3n) is 1.29. The van der Waals surface area contributed by atoms with Crippen LogP contribution in [0.2, 0.25) is 0 Å². The Bertz CT molecular complexity index is 281. The topological polar surface area (TPSA) is 9.23 Å². The molecule has 1 rings (SSSR count). The van der Waals surface area contributed by atoms with Crippen LogP contribution in [0.1, 0.15) is 0 Å². The predicted octanol–water partition coefficient (Wildman–Crippen LogP) is 3.50. The number of ether oxygens (including phenoxy) is 1. The fourth-order valence-corrected chi connectivity index (χ4v) is 1.49. The predicted molar refractivity (Wildman–Crippen MR) is 53.3 cm³/mol. The van der Waals surface area contributed by atoms with Gasteiger partial charge < -0.3 is 4.74 Å². The first-order chi connectivity index (χ1) is 6.15. The molecule has 0 amide bonds. The summed E-state index contributed by atoms with van der Waals surface area (Å²) in [4.78, 5) is 0. The SMILES string of the molecule is Fc1cc(F)c(OCCBr)c(Br)c1. The monoisotopic (exact) mass is 314 g/mol. The molecule has 0 unspecified atom stereocenters. The van der Waals surface area contributed by atoms with E-state index in [1.54, 1.807) is 0 Å². The van der Waals surface area contributed by atoms with E-state index in [2.05, 4.69) is 31.9 Å². The standard InChI is InChI=1S/C8H6Br2F2O/c9-1-2-13-8-6(10)3-5(11)4-7(8)12/h3-4H,1-2H2. The lowest BCUT2D eigenvalue weighted by Gasteiger charge is -2.07. The van der Waals surface area contributed by atoms with Crippen molar-refractivity contribution in [2.75, 3.05) is 11.9 Å². The van der Waals surface area contributed by atoms with E-state index in [-0.39, 0.29) is 10.2 Å². The van der Waals surface area contributed by atoms with E-state index in [9.17, 15) is 8.78 Å². The Hall–Kier alpha value is -0.160. The van der Waals surface area contributed by atoms with Crippen molar-refractivity contribution in [1.82, 2.24) is 0 Å². The lowest BCUT2D eigenvalue weighted by Crippen LogP contribution is -2.01. The fraction of sp³-hybridized carbons (Fsp3) is 0.250. The Balaban J connectivity index is 2.92. The van der Waals surface area contributed by atoms with Crippen LogP contribution < -0.4 is 4.74 Å². The molecule has 0 radical (unpaired) electrons. The molecule has 0 saturated carbocycles. The maximum Gasteiger partial charge on any atom is 0.169 e. The second-order valence-electron chi connectivity index (χ2n) is 2.24. The second-order valence-corrected chi connectivity index (χ2v) is 3.88. The normalized spacial score (nSPS) is 10.2. The molecule has 0 aliphatic rings. The maximum absolute atomic E-state index is 13.0. The van der Waals surface area contributed by atoms with Crippen LogP contribution in [0.25, 0.3) is 0 Å². The van der Waals surface area contributed by atoms with E-state index in [0.717, 1.165) is 12.1 Å². The van der Waals surface area contributed by atoms with Gasteiger partial charge in [0.1, 0.15) is 5.82 Å². The van der Waals surface area contributed by atoms with Gasteiger partial charge in [-0.2, -0.15) is 0 Å². The van der Waals surface area contributed by atoms with Gasteiger partial charge in [-0.3, -0.25) is 0 Å². The smallest absolute Gasteiger partial charge is 0.169 e. The first-order valence-corrected chi connectivity index (χ1v) is 5.40. The highest BCUT2D eigenvalue weighted by Gasteiger charge is 2.10. The number of hydrogen-bond acceptors (Lipinski definition) is 1. The third-order valence-corrected chi connectivity index (χ3v) is 2.20. The van der Waals surface area contributed by atoms with Crippen molar-refractivity contribution in [2.45, 2.75) is 0 Å². The average Bonchev–Trinajstić information content (AvgIpc) is 2.02. The molecule has 0 N–H and O–H groups in total. The van der Waals surface area contributed by atoms with Crippen molar-refractivity contribution in [3.05, 3.63) is 28.2 Å². The van der Waals surface area contributed by atoms with Gasteiger partial charge >= 0.3 is 0 Å². The molecule has 13 heavy (non-hydrogen) atoms. The molecule has 5 heteroatoms. The zero-order valence-electron chi connectivity index (χ0n) is 6.49. The molecule has 0 fully saturated rings. The summed E-state index contributed by atoms with van der Waals surface area (Å²) >= 11 is 6.14. The van der Waals surface area contributed by atoms with Gasteiger partial charge in [0.05, 0.1) is 11.1 Å². The van der Waals surface area contributed by atoms with Crippen LogP contribution in [0.15, 0.2) is 16.6 Å². The summed E-state index contributed by atoms with van der Waals surface area (Å²) in [7, 11) is 0. The first kappa shape index (κ1) is 10.9. The largest absolute Gasteiger partial charge is 0.488 e. The van der Waals surface area contributed by atoms with Crippen molar-refractivity contribution < 1.29 is 13.5 Å². The van der Waals surface area contributed by atoms with Crippen LogP contribution in [0.5, 0.6) is 5.75 Å². The molecule has 0 spiro atoms. The van der Waals surface area contributed by atoms with Crippen molar-refractivity contribution in [1.29, 1.82) is 0 Å². The lowest BCUT2D eigenvalue weighted by atomic mass is 10.3. The van der Waals surface area contributed by atoms with Crippen molar-refractivity contribution >= 4 is 31.9 Å². The van der Waals surface area contributed by atoms with Gasteiger partial charge in [-0.05, 0) is 22.0 Å². The maximum atomic E-state index is 13.0. The molecular formula is C8H6Br2F2O. The van der Waals surface area contributed by atoms with Gasteiger partial charge in [-0.25, -0.2) is 8.78 Å². The molecule has 0 heterocycles. The summed E-state index contributed by atoms with van der Waals surface area (Å²) in [6.07, 6.45) is 0. The molecule has 0 aliphatic carbocycles. The van der Waals surface area contributed by atoms with Crippen molar-refractivity contribution in [3.8, 4) is 5.75 Å². The molecule has 0 atom stereocenters. The van der Waals surface area contributed by atoms with Crippen LogP contribution in [0.4, 0.5) is 8.78 Å². The Morgan fingerprint density at radius 1 is 1.31 bits per heavy atom. The van der Waals surface area contributed by atoms with Gasteiger partial charge in [-0.15, -0.1) is 0 Å². The van der Waals surface area contributed by atoms with Gasteiger partial charge in [-0.1, -0.05) is 15.9 Å². The summed E-state index contributed by atoms with van der Waals surface area (Å²) in [6.45, 7) is 0.334. The van der Waals surface area contributed by atoms with E-state index in [0.29, 0.717) is 11.9 Å². The summed E-state index contributed by atoms with van der Waals surface area (Å²) in [5.41, 5.74) is 0. The Morgan fingerprint density at radius 2 is 2.00 bits per heavy atom. The minimum atomic E-state index is -0.701. The van der Waals surface area contributed by atoms with E-state index >= 15 is 0 Å². The van der Waals surface area contributed by atoms with E-state index < -0.39 is 11.6 Å². The molecular weight excluding hydrogens is 310 g/mol. The minimum absolute atomic E-state index is 0.0425. The van der Waals surface area contributed by atoms with Crippen LogP contribution in [0, 0.1) is 11.6 Å². The van der Waals surface area contributed by atoms with Gasteiger partial charge in [0.2, 0.25) is 0 Å². The number of halogens is 4. The third kappa shape index (κ3) is 2.91. The summed E-state index contributed by atoms with van der Waals surface area (Å²) in [5.74, 6) is -1.29. The summed E-state index contributed by atoms with van der Waals surface area (Å²) < 4.78 is 30.9. The van der Waals surface area contributed by atoms with E-state index in [1.165, 1.54) is 0 Å². The Labute approximate surface area is 91.3 Å². The molecule has 1 aromatic carbocycles. The summed E-state index contributed by atoms with van der Waals surface area (Å²) in [5, 5.41) is 0.594. The molecule has 1 aromatic rings. The molecule has 0 aromatic heterocycles. The lowest BCUT2D eigenvalue weighted by molar-refractivity contribution is 0.322. The quantitative estimate of drug-likeness (QED) is 0.776. The van der Waals surface area contributed by atoms with Crippen LogP contribution in [-0.4, -0.2) is 11.9 Å². The van der Waals surface area contributed by atoms with Crippen LogP contribution >= 0.6 is 31.9 Å². The average molecular weight is 316 g/mol. The van der Waals surface area contributed by atoms with Gasteiger partial charge in [0, 0.05) is 11.4 Å². The van der Waals surface area contributed by atoms with Gasteiger partial charge in [0.15, 0.2) is 11.6 Å². The first-order valence-electron chi connectivity index (χ1n) is 3.48. The van der Waals surface area contributed by atoms with Gasteiger partial charge in [0.25, 0.3) is 0 Å². The minimum Gasteiger partial charge on any atom is -0.488 e. The highest BCUT2D eigenvalue weighted by molar-refractivity contribution is 9.10.